The van der Waals surface area contributed by atoms with E-state index in [2.05, 4.69) is 26.1 Å². The van der Waals surface area contributed by atoms with E-state index in [0.29, 0.717) is 18.8 Å². The molecule has 0 aliphatic heterocycles. The maximum absolute atomic E-state index is 12.1. The van der Waals surface area contributed by atoms with Crippen molar-refractivity contribution in [1.82, 2.24) is 10.2 Å². The van der Waals surface area contributed by atoms with Gasteiger partial charge in [0.2, 0.25) is 15.9 Å². The lowest BCUT2D eigenvalue weighted by atomic mass is 9.87. The first kappa shape index (κ1) is 20.4. The smallest absolute Gasteiger partial charge is 0.240 e. The van der Waals surface area contributed by atoms with Gasteiger partial charge in [-0.3, -0.25) is 9.10 Å². The number of anilines is 1. The zero-order valence-corrected chi connectivity index (χ0v) is 16.3. The summed E-state index contributed by atoms with van der Waals surface area (Å²) in [5, 5.41) is 2.74. The van der Waals surface area contributed by atoms with Gasteiger partial charge in [-0.25, -0.2) is 8.42 Å². The monoisotopic (exact) mass is 355 g/mol. The van der Waals surface area contributed by atoms with Crippen molar-refractivity contribution in [3.8, 4) is 0 Å². The number of sulfonamides is 1. The minimum Gasteiger partial charge on any atom is -0.353 e. The number of amides is 1. The molecule has 0 aliphatic rings. The topological polar surface area (TPSA) is 69.7 Å². The van der Waals surface area contributed by atoms with Gasteiger partial charge in [-0.1, -0.05) is 32.9 Å². The van der Waals surface area contributed by atoms with E-state index >= 15 is 0 Å². The van der Waals surface area contributed by atoms with E-state index in [-0.39, 0.29) is 17.9 Å². The second-order valence-electron chi connectivity index (χ2n) is 7.22. The van der Waals surface area contributed by atoms with Crippen LogP contribution >= 0.6 is 0 Å². The van der Waals surface area contributed by atoms with Gasteiger partial charge in [0.25, 0.3) is 0 Å². The lowest BCUT2D eigenvalue weighted by molar-refractivity contribution is -0.119. The molecule has 0 bridgehead atoms. The Morgan fingerprint density at radius 3 is 2.08 bits per heavy atom. The van der Waals surface area contributed by atoms with E-state index in [4.69, 9.17) is 0 Å². The summed E-state index contributed by atoms with van der Waals surface area (Å²) >= 11 is 0. The van der Waals surface area contributed by atoms with Crippen LogP contribution < -0.4 is 9.62 Å². The average molecular weight is 356 g/mol. The van der Waals surface area contributed by atoms with Gasteiger partial charge in [0.1, 0.15) is 6.54 Å². The molecule has 0 heterocycles. The van der Waals surface area contributed by atoms with E-state index in [0.717, 1.165) is 16.1 Å². The Kier molecular flexibility index (Phi) is 6.80. The Morgan fingerprint density at radius 2 is 1.67 bits per heavy atom. The zero-order chi connectivity index (χ0) is 18.5. The second-order valence-corrected chi connectivity index (χ2v) is 9.13. The normalized spacial score (nSPS) is 12.3. The lowest BCUT2D eigenvalue weighted by Crippen LogP contribution is -2.42. The SMILES string of the molecule is CN(C)CCNC(=O)CN(c1ccc(C(C)(C)C)cc1)S(C)(=O)=O. The number of benzene rings is 1. The molecule has 0 aromatic heterocycles. The highest BCUT2D eigenvalue weighted by molar-refractivity contribution is 7.92. The summed E-state index contributed by atoms with van der Waals surface area (Å²) in [5.74, 6) is -0.317. The first-order valence-electron chi connectivity index (χ1n) is 7.91. The van der Waals surface area contributed by atoms with Gasteiger partial charge in [-0.2, -0.15) is 0 Å². The lowest BCUT2D eigenvalue weighted by Gasteiger charge is -2.24. The summed E-state index contributed by atoms with van der Waals surface area (Å²) in [7, 11) is 0.276. The molecule has 0 saturated heterocycles. The molecule has 7 heteroatoms. The number of hydrogen-bond acceptors (Lipinski definition) is 4. The molecule has 0 fully saturated rings. The minimum absolute atomic E-state index is 0.0159. The summed E-state index contributed by atoms with van der Waals surface area (Å²) in [5.41, 5.74) is 1.58. The largest absolute Gasteiger partial charge is 0.353 e. The molecule has 1 amide bonds. The fourth-order valence-corrected chi connectivity index (χ4v) is 2.99. The molecule has 0 atom stereocenters. The molecule has 1 aromatic carbocycles. The molecular weight excluding hydrogens is 326 g/mol. The van der Waals surface area contributed by atoms with Crippen molar-refractivity contribution < 1.29 is 13.2 Å². The number of nitrogens with zero attached hydrogens (tertiary/aromatic N) is 2. The Bertz CT molecular complexity index is 647. The van der Waals surface area contributed by atoms with Gasteiger partial charge >= 0.3 is 0 Å². The number of likely N-dealkylation sites (N-methyl/N-ethyl adjacent to an activating group) is 1. The molecule has 1 aromatic rings. The van der Waals surface area contributed by atoms with Crippen molar-refractivity contribution in [2.75, 3.05) is 44.3 Å². The minimum atomic E-state index is -3.54. The van der Waals surface area contributed by atoms with Crippen LogP contribution in [0.15, 0.2) is 24.3 Å². The summed E-state index contributed by atoms with van der Waals surface area (Å²) in [6.45, 7) is 7.23. The molecule has 0 saturated carbocycles. The predicted octanol–water partition coefficient (Wildman–Crippen LogP) is 1.43. The third-order valence-electron chi connectivity index (χ3n) is 3.59. The van der Waals surface area contributed by atoms with E-state index in [1.54, 1.807) is 12.1 Å². The molecule has 0 aliphatic carbocycles. The number of carbonyl (C=O) groups is 1. The van der Waals surface area contributed by atoms with Crippen molar-refractivity contribution in [1.29, 1.82) is 0 Å². The molecular formula is C17H29N3O3S. The molecule has 136 valence electrons. The van der Waals surface area contributed by atoms with Crippen LogP contribution in [0, 0.1) is 0 Å². The molecule has 6 nitrogen and oxygen atoms in total. The van der Waals surface area contributed by atoms with Crippen molar-refractivity contribution >= 4 is 21.6 Å². The van der Waals surface area contributed by atoms with E-state index < -0.39 is 10.0 Å². The van der Waals surface area contributed by atoms with Crippen molar-refractivity contribution in [3.63, 3.8) is 0 Å². The fraction of sp³-hybridized carbons (Fsp3) is 0.588. The maximum atomic E-state index is 12.1. The van der Waals surface area contributed by atoms with Crippen molar-refractivity contribution in [3.05, 3.63) is 29.8 Å². The van der Waals surface area contributed by atoms with E-state index in [1.165, 1.54) is 0 Å². The number of carbonyl (C=O) groups excluding carboxylic acids is 1. The molecule has 1 rings (SSSR count). The number of hydrogen-bond donors (Lipinski definition) is 1. The standard InChI is InChI=1S/C17H29N3O3S/c1-17(2,3)14-7-9-15(10-8-14)20(24(6,22)23)13-16(21)18-11-12-19(4)5/h7-10H,11-13H2,1-6H3,(H,18,21). The first-order valence-corrected chi connectivity index (χ1v) is 9.76. The van der Waals surface area contributed by atoms with Gasteiger partial charge in [0.15, 0.2) is 0 Å². The highest BCUT2D eigenvalue weighted by Crippen LogP contribution is 2.25. The van der Waals surface area contributed by atoms with Gasteiger partial charge in [0, 0.05) is 13.1 Å². The second kappa shape index (κ2) is 7.98. The first-order chi connectivity index (χ1) is 10.9. The quantitative estimate of drug-likeness (QED) is 0.803. The van der Waals surface area contributed by atoms with Gasteiger partial charge < -0.3 is 10.2 Å². The third kappa shape index (κ3) is 6.49. The van der Waals surface area contributed by atoms with E-state index in [1.807, 2.05) is 31.1 Å². The molecule has 0 radical (unpaired) electrons. The van der Waals surface area contributed by atoms with E-state index in [9.17, 15) is 13.2 Å². The summed E-state index contributed by atoms with van der Waals surface area (Å²) in [4.78, 5) is 14.0. The van der Waals surface area contributed by atoms with Crippen molar-refractivity contribution in [2.45, 2.75) is 26.2 Å². The van der Waals surface area contributed by atoms with Crippen molar-refractivity contribution in [2.24, 2.45) is 0 Å². The number of rotatable bonds is 7. The van der Waals surface area contributed by atoms with Crippen LogP contribution in [0.4, 0.5) is 5.69 Å². The molecule has 1 N–H and O–H groups in total. The maximum Gasteiger partial charge on any atom is 0.240 e. The Labute approximate surface area is 145 Å². The zero-order valence-electron chi connectivity index (χ0n) is 15.5. The highest BCUT2D eigenvalue weighted by Gasteiger charge is 2.21. The molecule has 0 unspecified atom stereocenters. The predicted molar refractivity (Wildman–Crippen MR) is 98.9 cm³/mol. The highest BCUT2D eigenvalue weighted by atomic mass is 32.2. The average Bonchev–Trinajstić information content (AvgIpc) is 2.42. The van der Waals surface area contributed by atoms with Crippen LogP contribution in [-0.4, -0.2) is 59.2 Å². The molecule has 24 heavy (non-hydrogen) atoms. The van der Waals surface area contributed by atoms with Crippen LogP contribution in [0.2, 0.25) is 0 Å². The third-order valence-corrected chi connectivity index (χ3v) is 4.73. The Balaban J connectivity index is 2.89. The van der Waals surface area contributed by atoms with Gasteiger partial charge in [-0.15, -0.1) is 0 Å². The van der Waals surface area contributed by atoms with Gasteiger partial charge in [-0.05, 0) is 37.2 Å². The fourth-order valence-electron chi connectivity index (χ4n) is 2.13. The van der Waals surface area contributed by atoms with Gasteiger partial charge in [0.05, 0.1) is 11.9 Å². The number of nitrogens with one attached hydrogen (secondary N) is 1. The summed E-state index contributed by atoms with van der Waals surface area (Å²) < 4.78 is 25.3. The summed E-state index contributed by atoms with van der Waals surface area (Å²) in [6, 6.07) is 7.29. The van der Waals surface area contributed by atoms with Crippen LogP contribution in [0.5, 0.6) is 0 Å². The Morgan fingerprint density at radius 1 is 1.12 bits per heavy atom. The van der Waals surface area contributed by atoms with Crippen LogP contribution in [-0.2, 0) is 20.2 Å². The van der Waals surface area contributed by atoms with Crippen LogP contribution in [0.1, 0.15) is 26.3 Å². The Hall–Kier alpha value is -1.60. The molecule has 0 spiro atoms. The van der Waals surface area contributed by atoms with Crippen LogP contribution in [0.25, 0.3) is 0 Å². The summed E-state index contributed by atoms with van der Waals surface area (Å²) in [6.07, 6.45) is 1.11. The van der Waals surface area contributed by atoms with Crippen LogP contribution in [0.3, 0.4) is 0 Å².